The van der Waals surface area contributed by atoms with Gasteiger partial charge in [-0.25, -0.2) is 15.0 Å². The number of benzene rings is 2. The average molecular weight is 248 g/mol. The Balaban J connectivity index is 2.28. The third-order valence-corrected chi connectivity index (χ3v) is 3.06. The van der Waals surface area contributed by atoms with E-state index in [1.807, 2.05) is 36.4 Å². The van der Waals surface area contributed by atoms with Crippen LogP contribution in [0.1, 0.15) is 0 Å². The number of hydrogen-bond acceptors (Lipinski definition) is 4. The van der Waals surface area contributed by atoms with Crippen LogP contribution in [0.5, 0.6) is 0 Å². The molecule has 2 heterocycles. The number of fused-ring (bicyclic) bond motifs is 4. The van der Waals surface area contributed by atoms with Gasteiger partial charge in [0, 0.05) is 0 Å². The Labute approximate surface area is 107 Å². The van der Waals surface area contributed by atoms with Gasteiger partial charge in [0.2, 0.25) is 0 Å². The third kappa shape index (κ3) is 1.48. The number of H-pyrrole nitrogens is 1. The van der Waals surface area contributed by atoms with E-state index in [0.29, 0.717) is 16.6 Å². The maximum absolute atomic E-state index is 11.4. The zero-order valence-corrected chi connectivity index (χ0v) is 9.79. The molecule has 4 aromatic rings. The molecule has 5 heteroatoms. The molecule has 5 nitrogen and oxygen atoms in total. The molecule has 0 fully saturated rings. The quantitative estimate of drug-likeness (QED) is 0.381. The van der Waals surface area contributed by atoms with Gasteiger partial charge in [0.15, 0.2) is 0 Å². The summed E-state index contributed by atoms with van der Waals surface area (Å²) in [6.45, 7) is 0. The van der Waals surface area contributed by atoms with Crippen LogP contribution >= 0.6 is 0 Å². The van der Waals surface area contributed by atoms with E-state index in [1.165, 1.54) is 6.20 Å². The summed E-state index contributed by atoms with van der Waals surface area (Å²) in [6.07, 6.45) is 1.27. The number of para-hydroxylation sites is 2. The molecule has 19 heavy (non-hydrogen) atoms. The second-order valence-electron chi connectivity index (χ2n) is 4.29. The fraction of sp³-hybridized carbons (Fsp3) is 0. The normalized spacial score (nSPS) is 11.4. The Morgan fingerprint density at radius 2 is 1.58 bits per heavy atom. The lowest BCUT2D eigenvalue weighted by molar-refractivity contribution is 1.22. The molecule has 0 radical (unpaired) electrons. The highest BCUT2D eigenvalue weighted by Crippen LogP contribution is 2.21. The fourth-order valence-electron chi connectivity index (χ4n) is 2.19. The fourth-order valence-corrected chi connectivity index (χ4v) is 2.19. The highest BCUT2D eigenvalue weighted by molar-refractivity contribution is 6.02. The number of aromatic nitrogens is 4. The summed E-state index contributed by atoms with van der Waals surface area (Å²) in [5, 5.41) is 0. The first-order chi connectivity index (χ1) is 9.31. The van der Waals surface area contributed by atoms with Gasteiger partial charge in [-0.3, -0.25) is 4.79 Å². The minimum Gasteiger partial charge on any atom is -0.317 e. The highest BCUT2D eigenvalue weighted by atomic mass is 16.1. The molecule has 0 saturated carbocycles. The molecular formula is C14H8N4O. The molecule has 1 N–H and O–H groups in total. The van der Waals surface area contributed by atoms with E-state index in [9.17, 15) is 4.79 Å². The monoisotopic (exact) mass is 248 g/mol. The zero-order valence-electron chi connectivity index (χ0n) is 9.79. The van der Waals surface area contributed by atoms with Gasteiger partial charge in [0.05, 0.1) is 33.8 Å². The molecule has 0 bridgehead atoms. The zero-order chi connectivity index (χ0) is 12.8. The Hall–Kier alpha value is -2.82. The van der Waals surface area contributed by atoms with Crippen molar-refractivity contribution in [2.24, 2.45) is 0 Å². The van der Waals surface area contributed by atoms with Crippen molar-refractivity contribution in [3.63, 3.8) is 0 Å². The van der Waals surface area contributed by atoms with E-state index in [2.05, 4.69) is 19.9 Å². The molecule has 4 rings (SSSR count). The summed E-state index contributed by atoms with van der Waals surface area (Å²) in [6, 6.07) is 11.3. The van der Waals surface area contributed by atoms with Gasteiger partial charge < -0.3 is 4.98 Å². The standard InChI is InChI=1S/C14H8N4O/c19-12-7-15-10-5-6-11-14(13(10)18-12)17-9-4-2-1-3-8(9)16-11/h1-7H,(H,18,19). The van der Waals surface area contributed by atoms with Crippen molar-refractivity contribution in [1.82, 2.24) is 19.9 Å². The van der Waals surface area contributed by atoms with Crippen LogP contribution in [0, 0.1) is 0 Å². The molecule has 0 spiro atoms. The molecule has 0 aliphatic heterocycles. The van der Waals surface area contributed by atoms with Gasteiger partial charge >= 0.3 is 0 Å². The molecule has 0 unspecified atom stereocenters. The predicted octanol–water partition coefficient (Wildman–Crippen LogP) is 2.02. The van der Waals surface area contributed by atoms with Gasteiger partial charge in [0.25, 0.3) is 5.56 Å². The molecule has 0 aliphatic carbocycles. The smallest absolute Gasteiger partial charge is 0.266 e. The van der Waals surface area contributed by atoms with Crippen LogP contribution < -0.4 is 5.56 Å². The highest BCUT2D eigenvalue weighted by Gasteiger charge is 2.06. The van der Waals surface area contributed by atoms with Crippen LogP contribution in [0.25, 0.3) is 33.1 Å². The van der Waals surface area contributed by atoms with Crippen molar-refractivity contribution in [2.75, 3.05) is 0 Å². The maximum Gasteiger partial charge on any atom is 0.266 e. The molecule has 0 atom stereocenters. The van der Waals surface area contributed by atoms with E-state index in [4.69, 9.17) is 0 Å². The summed E-state index contributed by atoms with van der Waals surface area (Å²) in [5.41, 5.74) is 4.14. The summed E-state index contributed by atoms with van der Waals surface area (Å²) < 4.78 is 0. The number of aromatic amines is 1. The van der Waals surface area contributed by atoms with Gasteiger partial charge in [-0.15, -0.1) is 0 Å². The predicted molar refractivity (Wildman–Crippen MR) is 73.0 cm³/mol. The first-order valence-corrected chi connectivity index (χ1v) is 5.86. The molecule has 0 aliphatic rings. The van der Waals surface area contributed by atoms with E-state index < -0.39 is 0 Å². The van der Waals surface area contributed by atoms with Crippen LogP contribution in [0.15, 0.2) is 47.4 Å². The van der Waals surface area contributed by atoms with Crippen molar-refractivity contribution >= 4 is 33.1 Å². The van der Waals surface area contributed by atoms with Crippen molar-refractivity contribution in [1.29, 1.82) is 0 Å². The molecule has 0 saturated heterocycles. The summed E-state index contributed by atoms with van der Waals surface area (Å²) in [5.74, 6) is 0. The van der Waals surface area contributed by atoms with Gasteiger partial charge in [-0.2, -0.15) is 0 Å². The van der Waals surface area contributed by atoms with Crippen LogP contribution in [0.2, 0.25) is 0 Å². The third-order valence-electron chi connectivity index (χ3n) is 3.06. The van der Waals surface area contributed by atoms with E-state index in [1.54, 1.807) is 0 Å². The van der Waals surface area contributed by atoms with Crippen LogP contribution in [0.3, 0.4) is 0 Å². The van der Waals surface area contributed by atoms with Crippen molar-refractivity contribution < 1.29 is 0 Å². The Kier molecular flexibility index (Phi) is 1.91. The van der Waals surface area contributed by atoms with Gasteiger partial charge in [-0.1, -0.05) is 12.1 Å². The van der Waals surface area contributed by atoms with Crippen LogP contribution in [-0.4, -0.2) is 19.9 Å². The number of nitrogens with zero attached hydrogens (tertiary/aromatic N) is 3. The van der Waals surface area contributed by atoms with Crippen LogP contribution in [0.4, 0.5) is 0 Å². The molecule has 90 valence electrons. The number of rotatable bonds is 0. The molecule has 0 amide bonds. The second-order valence-corrected chi connectivity index (χ2v) is 4.29. The van der Waals surface area contributed by atoms with Crippen LogP contribution in [-0.2, 0) is 0 Å². The van der Waals surface area contributed by atoms with Crippen molar-refractivity contribution in [2.45, 2.75) is 0 Å². The van der Waals surface area contributed by atoms with Crippen molar-refractivity contribution in [3.8, 4) is 0 Å². The lowest BCUT2D eigenvalue weighted by Crippen LogP contribution is -2.05. The minimum atomic E-state index is -0.241. The lowest BCUT2D eigenvalue weighted by atomic mass is 10.2. The largest absolute Gasteiger partial charge is 0.317 e. The van der Waals surface area contributed by atoms with Gasteiger partial charge in [-0.05, 0) is 24.3 Å². The summed E-state index contributed by atoms with van der Waals surface area (Å²) >= 11 is 0. The average Bonchev–Trinajstić information content (AvgIpc) is 2.45. The first-order valence-electron chi connectivity index (χ1n) is 5.86. The maximum atomic E-state index is 11.4. The van der Waals surface area contributed by atoms with E-state index >= 15 is 0 Å². The second kappa shape index (κ2) is 3.58. The topological polar surface area (TPSA) is 71.5 Å². The Morgan fingerprint density at radius 3 is 2.42 bits per heavy atom. The summed E-state index contributed by atoms with van der Waals surface area (Å²) in [4.78, 5) is 27.4. The number of hydrogen-bond donors (Lipinski definition) is 1. The first kappa shape index (κ1) is 10.1. The molecule has 2 aromatic carbocycles. The number of nitrogens with one attached hydrogen (secondary N) is 1. The lowest BCUT2D eigenvalue weighted by Gasteiger charge is -2.03. The SMILES string of the molecule is O=c1cnc2ccc3nc4ccccc4nc3c2[nH]1. The molecule has 2 aromatic heterocycles. The molecular weight excluding hydrogens is 240 g/mol. The minimum absolute atomic E-state index is 0.241. The Bertz CT molecular complexity index is 991. The van der Waals surface area contributed by atoms with Crippen molar-refractivity contribution in [3.05, 3.63) is 52.9 Å². The summed E-state index contributed by atoms with van der Waals surface area (Å²) in [7, 11) is 0. The Morgan fingerprint density at radius 1 is 0.842 bits per heavy atom. The van der Waals surface area contributed by atoms with E-state index in [-0.39, 0.29) is 5.56 Å². The van der Waals surface area contributed by atoms with E-state index in [0.717, 1.165) is 16.6 Å². The van der Waals surface area contributed by atoms with Gasteiger partial charge in [0.1, 0.15) is 5.52 Å².